The Morgan fingerprint density at radius 2 is 1.95 bits per heavy atom. The van der Waals surface area contributed by atoms with E-state index in [2.05, 4.69) is 9.62 Å². The van der Waals surface area contributed by atoms with Crippen molar-refractivity contribution in [2.45, 2.75) is 37.5 Å². The molecule has 1 fully saturated rings. The summed E-state index contributed by atoms with van der Waals surface area (Å²) in [7, 11) is -3.46. The summed E-state index contributed by atoms with van der Waals surface area (Å²) in [4.78, 5) is 2.68. The first kappa shape index (κ1) is 16.3. The molecule has 1 aliphatic heterocycles. The molecule has 0 radical (unpaired) electrons. The van der Waals surface area contributed by atoms with Crippen LogP contribution in [0.25, 0.3) is 0 Å². The molecule has 1 aromatic carbocycles. The summed E-state index contributed by atoms with van der Waals surface area (Å²) in [5.74, 6) is 0. The highest BCUT2D eigenvalue weighted by Gasteiger charge is 2.17. The number of hydrogen-bond acceptors (Lipinski definition) is 4. The predicted octanol–water partition coefficient (Wildman–Crippen LogP) is 1.73. The van der Waals surface area contributed by atoms with Crippen LogP contribution < -0.4 is 10.5 Å². The fourth-order valence-corrected chi connectivity index (χ4v) is 4.04. The second-order valence-electron chi connectivity index (χ2n) is 5.62. The lowest BCUT2D eigenvalue weighted by Gasteiger charge is -2.26. The number of nitrogens with two attached hydrogens (primary N) is 1. The third-order valence-electron chi connectivity index (χ3n) is 4.01. The number of likely N-dealkylation sites (tertiary alicyclic amines) is 1. The Labute approximate surface area is 127 Å². The van der Waals surface area contributed by atoms with Crippen molar-refractivity contribution in [3.05, 3.63) is 23.8 Å². The van der Waals surface area contributed by atoms with Crippen LogP contribution in [-0.2, 0) is 10.0 Å². The zero-order chi connectivity index (χ0) is 15.3. The molecule has 1 saturated heterocycles. The van der Waals surface area contributed by atoms with E-state index in [4.69, 9.17) is 5.73 Å². The SMILES string of the molecule is Cc1c(N)cccc1S(=O)(=O)NCCCN1CCCCC1. The second kappa shape index (κ2) is 7.24. The number of hydrogen-bond donors (Lipinski definition) is 2. The van der Waals surface area contributed by atoms with Crippen LogP contribution in [0.4, 0.5) is 5.69 Å². The molecule has 1 heterocycles. The maximum absolute atomic E-state index is 12.3. The van der Waals surface area contributed by atoms with Crippen LogP contribution in [0.5, 0.6) is 0 Å². The molecule has 1 aromatic rings. The molecule has 118 valence electrons. The summed E-state index contributed by atoms with van der Waals surface area (Å²) in [6.07, 6.45) is 4.67. The molecule has 3 N–H and O–H groups in total. The van der Waals surface area contributed by atoms with Gasteiger partial charge in [0.25, 0.3) is 0 Å². The highest BCUT2D eigenvalue weighted by Crippen LogP contribution is 2.20. The molecule has 6 heteroatoms. The molecule has 0 saturated carbocycles. The van der Waals surface area contributed by atoms with Gasteiger partial charge in [0.05, 0.1) is 4.90 Å². The van der Waals surface area contributed by atoms with Gasteiger partial charge < -0.3 is 10.6 Å². The van der Waals surface area contributed by atoms with Crippen molar-refractivity contribution in [3.8, 4) is 0 Å². The lowest BCUT2D eigenvalue weighted by molar-refractivity contribution is 0.227. The summed E-state index contributed by atoms with van der Waals surface area (Å²) in [5.41, 5.74) is 6.89. The molecule has 5 nitrogen and oxygen atoms in total. The summed E-state index contributed by atoms with van der Waals surface area (Å²) in [6, 6.07) is 4.98. The zero-order valence-corrected chi connectivity index (χ0v) is 13.5. The van der Waals surface area contributed by atoms with Crippen LogP contribution in [0.15, 0.2) is 23.1 Å². The average Bonchev–Trinajstić information content (AvgIpc) is 2.47. The van der Waals surface area contributed by atoms with E-state index in [1.807, 2.05) is 0 Å². The van der Waals surface area contributed by atoms with Crippen LogP contribution in [0.3, 0.4) is 0 Å². The second-order valence-corrected chi connectivity index (χ2v) is 7.36. The zero-order valence-electron chi connectivity index (χ0n) is 12.6. The number of benzene rings is 1. The van der Waals surface area contributed by atoms with Crippen molar-refractivity contribution >= 4 is 15.7 Å². The fourth-order valence-electron chi connectivity index (χ4n) is 2.69. The number of nitrogens with zero attached hydrogens (tertiary/aromatic N) is 1. The van der Waals surface area contributed by atoms with Gasteiger partial charge in [-0.15, -0.1) is 0 Å². The fraction of sp³-hybridized carbons (Fsp3) is 0.600. The van der Waals surface area contributed by atoms with Gasteiger partial charge in [-0.25, -0.2) is 13.1 Å². The Morgan fingerprint density at radius 3 is 2.67 bits per heavy atom. The number of nitrogens with one attached hydrogen (secondary N) is 1. The summed E-state index contributed by atoms with van der Waals surface area (Å²) in [6.45, 7) is 5.44. The van der Waals surface area contributed by atoms with Gasteiger partial charge in [-0.1, -0.05) is 12.5 Å². The number of rotatable bonds is 6. The van der Waals surface area contributed by atoms with Crippen LogP contribution >= 0.6 is 0 Å². The van der Waals surface area contributed by atoms with Crippen LogP contribution in [0.1, 0.15) is 31.2 Å². The molecule has 1 aliphatic rings. The van der Waals surface area contributed by atoms with E-state index in [-0.39, 0.29) is 4.90 Å². The molecule has 21 heavy (non-hydrogen) atoms. The lowest BCUT2D eigenvalue weighted by atomic mass is 10.1. The van der Waals surface area contributed by atoms with E-state index < -0.39 is 10.0 Å². The van der Waals surface area contributed by atoms with Gasteiger partial charge in [0.1, 0.15) is 0 Å². The highest BCUT2D eigenvalue weighted by molar-refractivity contribution is 7.89. The Hall–Kier alpha value is -1.11. The minimum absolute atomic E-state index is 0.278. The van der Waals surface area contributed by atoms with Gasteiger partial charge in [0.2, 0.25) is 10.0 Å². The van der Waals surface area contributed by atoms with Crippen molar-refractivity contribution in [2.24, 2.45) is 0 Å². The Balaban J connectivity index is 1.85. The summed E-state index contributed by atoms with van der Waals surface area (Å²) in [5, 5.41) is 0. The van der Waals surface area contributed by atoms with E-state index in [0.717, 1.165) is 26.1 Å². The van der Waals surface area contributed by atoms with Crippen molar-refractivity contribution in [1.29, 1.82) is 0 Å². The van der Waals surface area contributed by atoms with Crippen molar-refractivity contribution in [1.82, 2.24) is 9.62 Å². The van der Waals surface area contributed by atoms with Gasteiger partial charge in [-0.05, 0) is 63.5 Å². The first-order valence-corrected chi connectivity index (χ1v) is 9.06. The molecule has 0 amide bonds. The molecular formula is C15H25N3O2S. The highest BCUT2D eigenvalue weighted by atomic mass is 32.2. The molecule has 0 aromatic heterocycles. The summed E-state index contributed by atoms with van der Waals surface area (Å²) >= 11 is 0. The number of sulfonamides is 1. The van der Waals surface area contributed by atoms with Crippen LogP contribution in [0.2, 0.25) is 0 Å². The van der Waals surface area contributed by atoms with E-state index in [0.29, 0.717) is 17.8 Å². The number of piperidine rings is 1. The smallest absolute Gasteiger partial charge is 0.240 e. The minimum atomic E-state index is -3.46. The molecular weight excluding hydrogens is 286 g/mol. The number of anilines is 1. The van der Waals surface area contributed by atoms with Gasteiger partial charge >= 0.3 is 0 Å². The molecule has 0 atom stereocenters. The minimum Gasteiger partial charge on any atom is -0.398 e. The molecule has 0 bridgehead atoms. The van der Waals surface area contributed by atoms with Gasteiger partial charge in [-0.3, -0.25) is 0 Å². The third-order valence-corrected chi connectivity index (χ3v) is 5.61. The quantitative estimate of drug-likeness (QED) is 0.620. The van der Waals surface area contributed by atoms with Gasteiger partial charge in [0, 0.05) is 12.2 Å². The van der Waals surface area contributed by atoms with Gasteiger partial charge in [-0.2, -0.15) is 0 Å². The predicted molar refractivity (Wildman–Crippen MR) is 85.7 cm³/mol. The van der Waals surface area contributed by atoms with E-state index >= 15 is 0 Å². The molecule has 0 spiro atoms. The monoisotopic (exact) mass is 311 g/mol. The maximum atomic E-state index is 12.3. The Bertz CT molecular complexity index is 566. The van der Waals surface area contributed by atoms with Crippen LogP contribution in [0, 0.1) is 6.92 Å². The molecule has 0 unspecified atom stereocenters. The van der Waals surface area contributed by atoms with Crippen molar-refractivity contribution < 1.29 is 8.42 Å². The topological polar surface area (TPSA) is 75.4 Å². The Morgan fingerprint density at radius 1 is 1.24 bits per heavy atom. The third kappa shape index (κ3) is 4.43. The van der Waals surface area contributed by atoms with E-state index in [9.17, 15) is 8.42 Å². The summed E-state index contributed by atoms with van der Waals surface area (Å²) < 4.78 is 27.2. The van der Waals surface area contributed by atoms with E-state index in [1.165, 1.54) is 19.3 Å². The first-order valence-electron chi connectivity index (χ1n) is 7.58. The van der Waals surface area contributed by atoms with E-state index in [1.54, 1.807) is 25.1 Å². The Kier molecular flexibility index (Phi) is 5.61. The average molecular weight is 311 g/mol. The standard InChI is InChI=1S/C15H25N3O2S/c1-13-14(16)7-5-8-15(13)21(19,20)17-9-6-12-18-10-3-2-4-11-18/h5,7-8,17H,2-4,6,9-12,16H2,1H3. The van der Waals surface area contributed by atoms with Crippen LogP contribution in [-0.4, -0.2) is 39.5 Å². The number of nitrogen functional groups attached to an aromatic ring is 1. The largest absolute Gasteiger partial charge is 0.398 e. The molecule has 0 aliphatic carbocycles. The molecule has 2 rings (SSSR count). The van der Waals surface area contributed by atoms with Crippen molar-refractivity contribution in [3.63, 3.8) is 0 Å². The first-order chi connectivity index (χ1) is 10.0. The van der Waals surface area contributed by atoms with Crippen molar-refractivity contribution in [2.75, 3.05) is 31.9 Å². The van der Waals surface area contributed by atoms with Gasteiger partial charge in [0.15, 0.2) is 0 Å². The normalized spacial score (nSPS) is 17.0. The lowest BCUT2D eigenvalue weighted by Crippen LogP contribution is -2.33. The maximum Gasteiger partial charge on any atom is 0.240 e.